The van der Waals surface area contributed by atoms with Crippen molar-refractivity contribution in [3.63, 3.8) is 0 Å². The van der Waals surface area contributed by atoms with E-state index in [4.69, 9.17) is 0 Å². The largest absolute Gasteiger partial charge is 0.317 e. The van der Waals surface area contributed by atoms with Crippen molar-refractivity contribution in [3.05, 3.63) is 33.9 Å². The van der Waals surface area contributed by atoms with Crippen molar-refractivity contribution >= 4 is 18.1 Å². The molecule has 2 aliphatic heterocycles. The molecule has 0 unspecified atom stereocenters. The molecule has 1 atom stereocenters. The first-order chi connectivity index (χ1) is 11.2. The summed E-state index contributed by atoms with van der Waals surface area (Å²) in [5, 5.41) is 7.98. The van der Waals surface area contributed by atoms with Crippen LogP contribution >= 0.6 is 12.4 Å². The van der Waals surface area contributed by atoms with Crippen LogP contribution in [0, 0.1) is 0 Å². The number of rotatable bonds is 3. The molecule has 2 aromatic heterocycles. The summed E-state index contributed by atoms with van der Waals surface area (Å²) in [5.74, 6) is 0.416. The Bertz CT molecular complexity index is 749. The Kier molecular flexibility index (Phi) is 5.27. The van der Waals surface area contributed by atoms with E-state index >= 15 is 0 Å². The van der Waals surface area contributed by atoms with Gasteiger partial charge in [0.15, 0.2) is 0 Å². The Morgan fingerprint density at radius 2 is 2.08 bits per heavy atom. The number of aromatic amines is 1. The molecule has 2 aromatic rings. The fourth-order valence-corrected chi connectivity index (χ4v) is 4.03. The monoisotopic (exact) mass is 351 g/mol. The molecule has 0 aliphatic carbocycles. The third-order valence-corrected chi connectivity index (χ3v) is 5.43. The second kappa shape index (κ2) is 7.25. The minimum atomic E-state index is -0.0118. The maximum Gasteiger partial charge on any atom is 0.251 e. The lowest BCUT2D eigenvalue weighted by atomic mass is 9.94. The van der Waals surface area contributed by atoms with E-state index in [0.717, 1.165) is 55.9 Å². The average Bonchev–Trinajstić information content (AvgIpc) is 3.15. The molecule has 0 bridgehead atoms. The van der Waals surface area contributed by atoms with Crippen molar-refractivity contribution in [2.24, 2.45) is 0 Å². The molecule has 132 valence electrons. The first-order valence-corrected chi connectivity index (χ1v) is 8.77. The minimum Gasteiger partial charge on any atom is -0.317 e. The van der Waals surface area contributed by atoms with E-state index in [1.165, 1.54) is 12.8 Å². The van der Waals surface area contributed by atoms with Crippen LogP contribution < -0.4 is 10.9 Å². The Balaban J connectivity index is 0.00000169. The molecule has 2 N–H and O–H groups in total. The highest BCUT2D eigenvalue weighted by Gasteiger charge is 2.24. The molecule has 0 amide bonds. The van der Waals surface area contributed by atoms with E-state index < -0.39 is 0 Å². The van der Waals surface area contributed by atoms with Gasteiger partial charge in [-0.1, -0.05) is 0 Å². The number of hydrogen-bond donors (Lipinski definition) is 2. The fourth-order valence-electron chi connectivity index (χ4n) is 4.03. The lowest BCUT2D eigenvalue weighted by Gasteiger charge is -2.23. The van der Waals surface area contributed by atoms with Gasteiger partial charge in [-0.15, -0.1) is 12.4 Å². The Hall–Kier alpha value is -1.37. The summed E-state index contributed by atoms with van der Waals surface area (Å²) < 4.78 is 1.97. The summed E-state index contributed by atoms with van der Waals surface area (Å²) in [6.45, 7) is 6.31. The summed E-state index contributed by atoms with van der Waals surface area (Å²) in [4.78, 5) is 17.7. The number of hydrogen-bond acceptors (Lipinski definition) is 4. The maximum atomic E-state index is 12.2. The van der Waals surface area contributed by atoms with Gasteiger partial charge >= 0.3 is 0 Å². The van der Waals surface area contributed by atoms with Crippen LogP contribution in [0.5, 0.6) is 0 Å². The molecule has 4 rings (SSSR count). The molecule has 0 aromatic carbocycles. The van der Waals surface area contributed by atoms with Crippen molar-refractivity contribution < 1.29 is 0 Å². The lowest BCUT2D eigenvalue weighted by Crippen LogP contribution is -2.29. The number of likely N-dealkylation sites (tertiary alicyclic amines) is 1. The first kappa shape index (κ1) is 17.5. The number of H-pyrrole nitrogens is 1. The topological polar surface area (TPSA) is 65.4 Å². The average molecular weight is 352 g/mol. The van der Waals surface area contributed by atoms with Gasteiger partial charge in [0, 0.05) is 30.1 Å². The molecule has 4 heterocycles. The Morgan fingerprint density at radius 1 is 1.29 bits per heavy atom. The van der Waals surface area contributed by atoms with Gasteiger partial charge < -0.3 is 10.3 Å². The highest BCUT2D eigenvalue weighted by atomic mass is 35.5. The van der Waals surface area contributed by atoms with Crippen LogP contribution in [-0.4, -0.2) is 45.2 Å². The number of halogens is 1. The van der Waals surface area contributed by atoms with Gasteiger partial charge in [0.1, 0.15) is 5.65 Å². The smallest absolute Gasteiger partial charge is 0.251 e. The third kappa shape index (κ3) is 3.23. The van der Waals surface area contributed by atoms with Crippen molar-refractivity contribution in [3.8, 4) is 0 Å². The van der Waals surface area contributed by atoms with E-state index in [-0.39, 0.29) is 18.0 Å². The van der Waals surface area contributed by atoms with Crippen LogP contribution in [-0.2, 0) is 6.54 Å². The fraction of sp³-hybridized carbons (Fsp3) is 0.647. The Labute approximate surface area is 148 Å². The van der Waals surface area contributed by atoms with Crippen LogP contribution in [0.4, 0.5) is 0 Å². The minimum absolute atomic E-state index is 0. The molecule has 2 saturated heterocycles. The summed E-state index contributed by atoms with van der Waals surface area (Å²) >= 11 is 0. The molecule has 0 spiro atoms. The highest BCUT2D eigenvalue weighted by molar-refractivity contribution is 5.85. The van der Waals surface area contributed by atoms with Crippen LogP contribution in [0.2, 0.25) is 0 Å². The predicted molar refractivity (Wildman–Crippen MR) is 97.0 cm³/mol. The van der Waals surface area contributed by atoms with Gasteiger partial charge in [0.2, 0.25) is 0 Å². The summed E-state index contributed by atoms with van der Waals surface area (Å²) in [6, 6.07) is 2.35. The Morgan fingerprint density at radius 3 is 2.79 bits per heavy atom. The summed E-state index contributed by atoms with van der Waals surface area (Å²) in [6.07, 6.45) is 6.59. The standard InChI is InChI=1S/C17H25N5O.ClH/c1-12-3-2-8-21(12)11-14-10-19-22-15(9-16(23)20-17(14)22)13-4-6-18-7-5-13;/h9-10,12-13,18H,2-8,11H2,1H3,(H,20,23);1H/t12-;/m0./s1. The van der Waals surface area contributed by atoms with E-state index in [1.54, 1.807) is 6.07 Å². The molecular weight excluding hydrogens is 326 g/mol. The van der Waals surface area contributed by atoms with Crippen LogP contribution in [0.3, 0.4) is 0 Å². The zero-order chi connectivity index (χ0) is 15.8. The molecule has 2 fully saturated rings. The quantitative estimate of drug-likeness (QED) is 0.886. The number of aromatic nitrogens is 3. The van der Waals surface area contributed by atoms with E-state index in [0.29, 0.717) is 12.0 Å². The van der Waals surface area contributed by atoms with Crippen LogP contribution in [0.1, 0.15) is 49.8 Å². The van der Waals surface area contributed by atoms with Gasteiger partial charge in [0.05, 0.1) is 11.9 Å². The predicted octanol–water partition coefficient (Wildman–Crippen LogP) is 1.90. The van der Waals surface area contributed by atoms with Crippen molar-refractivity contribution in [2.45, 2.75) is 51.1 Å². The number of nitrogens with zero attached hydrogens (tertiary/aromatic N) is 3. The molecule has 0 saturated carbocycles. The number of fused-ring (bicyclic) bond motifs is 1. The molecule has 2 aliphatic rings. The van der Waals surface area contributed by atoms with Crippen LogP contribution in [0.25, 0.3) is 5.65 Å². The van der Waals surface area contributed by atoms with Crippen molar-refractivity contribution in [1.82, 2.24) is 24.8 Å². The molecule has 0 radical (unpaired) electrons. The second-order valence-corrected chi connectivity index (χ2v) is 6.97. The third-order valence-electron chi connectivity index (χ3n) is 5.43. The van der Waals surface area contributed by atoms with Crippen LogP contribution in [0.15, 0.2) is 17.1 Å². The summed E-state index contributed by atoms with van der Waals surface area (Å²) in [7, 11) is 0. The van der Waals surface area contributed by atoms with Gasteiger partial charge in [0.25, 0.3) is 5.56 Å². The number of piperidine rings is 1. The molecule has 24 heavy (non-hydrogen) atoms. The van der Waals surface area contributed by atoms with E-state index in [2.05, 4.69) is 27.2 Å². The van der Waals surface area contributed by atoms with Crippen molar-refractivity contribution in [1.29, 1.82) is 0 Å². The molecule has 7 heteroatoms. The van der Waals surface area contributed by atoms with E-state index in [1.807, 2.05) is 10.7 Å². The maximum absolute atomic E-state index is 12.2. The first-order valence-electron chi connectivity index (χ1n) is 8.77. The van der Waals surface area contributed by atoms with Crippen molar-refractivity contribution in [2.75, 3.05) is 19.6 Å². The van der Waals surface area contributed by atoms with E-state index in [9.17, 15) is 4.79 Å². The molecule has 6 nitrogen and oxygen atoms in total. The highest BCUT2D eigenvalue weighted by Crippen LogP contribution is 2.26. The summed E-state index contributed by atoms with van der Waals surface area (Å²) in [5.41, 5.74) is 3.06. The van der Waals surface area contributed by atoms with Gasteiger partial charge in [-0.25, -0.2) is 4.52 Å². The number of nitrogens with one attached hydrogen (secondary N) is 2. The van der Waals surface area contributed by atoms with Gasteiger partial charge in [-0.2, -0.15) is 5.10 Å². The SMILES string of the molecule is C[C@H]1CCCN1Cc1cnn2c(C3CCNCC3)cc(=O)[nH]c12.Cl. The lowest BCUT2D eigenvalue weighted by molar-refractivity contribution is 0.261. The zero-order valence-corrected chi connectivity index (χ0v) is 14.9. The van der Waals surface area contributed by atoms with Gasteiger partial charge in [-0.05, 0) is 52.2 Å². The normalized spacial score (nSPS) is 22.8. The molecular formula is C17H26ClN5O. The zero-order valence-electron chi connectivity index (χ0n) is 14.1. The second-order valence-electron chi connectivity index (χ2n) is 6.97. The van der Waals surface area contributed by atoms with Gasteiger partial charge in [-0.3, -0.25) is 9.69 Å².